The molecule has 0 radical (unpaired) electrons. The highest BCUT2D eigenvalue weighted by Gasteiger charge is 2.18. The van der Waals surface area contributed by atoms with E-state index in [1.54, 1.807) is 19.2 Å². The molecule has 0 fully saturated rings. The van der Waals surface area contributed by atoms with Crippen molar-refractivity contribution < 1.29 is 9.59 Å². The molecule has 0 bridgehead atoms. The quantitative estimate of drug-likeness (QED) is 0.636. The second-order valence-electron chi connectivity index (χ2n) is 6.45. The number of likely N-dealkylation sites (N-methyl/N-ethyl adjacent to an activating group) is 1. The molecular formula is C18H19BrN6O3. The van der Waals surface area contributed by atoms with E-state index in [1.165, 1.54) is 27.5 Å². The van der Waals surface area contributed by atoms with Crippen LogP contribution in [0.1, 0.15) is 5.56 Å². The minimum absolute atomic E-state index is 0.131. The first-order valence-electron chi connectivity index (χ1n) is 8.44. The number of anilines is 1. The summed E-state index contributed by atoms with van der Waals surface area (Å²) < 4.78 is 3.05. The van der Waals surface area contributed by atoms with Gasteiger partial charge in [0.05, 0.1) is 6.54 Å². The Morgan fingerprint density at radius 3 is 2.61 bits per heavy atom. The summed E-state index contributed by atoms with van der Waals surface area (Å²) in [5.41, 5.74) is 1.78. The van der Waals surface area contributed by atoms with E-state index in [4.69, 9.17) is 0 Å². The number of aromatic nitrogens is 4. The molecule has 2 amide bonds. The van der Waals surface area contributed by atoms with Gasteiger partial charge in [-0.25, -0.2) is 9.67 Å². The van der Waals surface area contributed by atoms with Crippen molar-refractivity contribution in [1.29, 1.82) is 0 Å². The van der Waals surface area contributed by atoms with Gasteiger partial charge in [-0.15, -0.1) is 0 Å². The number of nitrogens with zero attached hydrogens (tertiary/aromatic N) is 5. The van der Waals surface area contributed by atoms with Crippen LogP contribution in [-0.4, -0.2) is 49.6 Å². The van der Waals surface area contributed by atoms with E-state index in [2.05, 4.69) is 31.3 Å². The number of benzene rings is 1. The van der Waals surface area contributed by atoms with E-state index in [1.807, 2.05) is 19.1 Å². The van der Waals surface area contributed by atoms with Crippen LogP contribution in [0.25, 0.3) is 11.0 Å². The summed E-state index contributed by atoms with van der Waals surface area (Å²) in [7, 11) is 3.18. The van der Waals surface area contributed by atoms with Crippen LogP contribution >= 0.6 is 15.9 Å². The van der Waals surface area contributed by atoms with Crippen molar-refractivity contribution in [3.05, 3.63) is 51.1 Å². The lowest BCUT2D eigenvalue weighted by molar-refractivity contribution is -0.133. The number of amides is 2. The maximum Gasteiger partial charge on any atom is 0.266 e. The first-order chi connectivity index (χ1) is 13.3. The zero-order valence-electron chi connectivity index (χ0n) is 15.6. The molecule has 1 N–H and O–H groups in total. The Hall–Kier alpha value is -3.01. The first kappa shape index (κ1) is 19.7. The van der Waals surface area contributed by atoms with E-state index < -0.39 is 0 Å². The predicted octanol–water partition coefficient (Wildman–Crippen LogP) is 1.30. The molecular weight excluding hydrogens is 428 g/mol. The molecule has 3 rings (SSSR count). The fraction of sp³-hybridized carbons (Fsp3) is 0.278. The number of nitrogens with one attached hydrogen (secondary N) is 1. The van der Waals surface area contributed by atoms with E-state index in [0.717, 1.165) is 5.56 Å². The summed E-state index contributed by atoms with van der Waals surface area (Å²) >= 11 is 3.23. The van der Waals surface area contributed by atoms with Crippen LogP contribution in [0.5, 0.6) is 0 Å². The molecule has 3 aromatic rings. The summed E-state index contributed by atoms with van der Waals surface area (Å²) in [6.45, 7) is 1.60. The summed E-state index contributed by atoms with van der Waals surface area (Å²) in [5, 5.41) is 7.14. The van der Waals surface area contributed by atoms with Crippen LogP contribution in [0.3, 0.4) is 0 Å². The lowest BCUT2D eigenvalue weighted by Gasteiger charge is -2.17. The third-order valence-corrected chi connectivity index (χ3v) is 4.77. The minimum Gasteiger partial charge on any atom is -0.335 e. The molecule has 0 saturated carbocycles. The molecule has 0 saturated heterocycles. The number of aryl methyl sites for hydroxylation is 2. The molecule has 0 aliphatic heterocycles. The number of carbonyl (C=O) groups is 2. The number of hydrogen-bond acceptors (Lipinski definition) is 5. The van der Waals surface area contributed by atoms with Gasteiger partial charge >= 0.3 is 0 Å². The summed E-state index contributed by atoms with van der Waals surface area (Å²) in [5.74, 6) is -0.710. The van der Waals surface area contributed by atoms with Crippen LogP contribution in [0.2, 0.25) is 0 Å². The number of carbonyl (C=O) groups excluding carboxylic acids is 2. The lowest BCUT2D eigenvalue weighted by Crippen LogP contribution is -2.38. The predicted molar refractivity (Wildman–Crippen MR) is 108 cm³/mol. The molecule has 9 nitrogen and oxygen atoms in total. The molecule has 28 heavy (non-hydrogen) atoms. The smallest absolute Gasteiger partial charge is 0.266 e. The molecule has 0 aliphatic rings. The van der Waals surface area contributed by atoms with Crippen LogP contribution in [0.4, 0.5) is 5.69 Å². The van der Waals surface area contributed by atoms with Gasteiger partial charge in [0, 0.05) is 19.8 Å². The van der Waals surface area contributed by atoms with Gasteiger partial charge in [-0.3, -0.25) is 19.0 Å². The molecule has 10 heteroatoms. The monoisotopic (exact) mass is 446 g/mol. The van der Waals surface area contributed by atoms with Gasteiger partial charge in [0.25, 0.3) is 5.56 Å². The van der Waals surface area contributed by atoms with Crippen LogP contribution in [0.15, 0.2) is 40.0 Å². The van der Waals surface area contributed by atoms with Crippen molar-refractivity contribution >= 4 is 44.5 Å². The molecule has 2 heterocycles. The third-order valence-electron chi connectivity index (χ3n) is 4.22. The Bertz CT molecular complexity index is 1100. The highest BCUT2D eigenvalue weighted by atomic mass is 79.9. The van der Waals surface area contributed by atoms with Crippen LogP contribution in [0, 0.1) is 6.92 Å². The Balaban J connectivity index is 1.67. The molecule has 2 aromatic heterocycles. The maximum atomic E-state index is 12.6. The van der Waals surface area contributed by atoms with Crippen molar-refractivity contribution in [2.75, 3.05) is 18.9 Å². The molecule has 0 spiro atoms. The Labute approximate surface area is 169 Å². The zero-order chi connectivity index (χ0) is 20.4. The van der Waals surface area contributed by atoms with E-state index in [0.29, 0.717) is 21.3 Å². The second-order valence-corrected chi connectivity index (χ2v) is 7.21. The van der Waals surface area contributed by atoms with Gasteiger partial charge in [-0.1, -0.05) is 17.7 Å². The van der Waals surface area contributed by atoms with Gasteiger partial charge in [-0.05, 0) is 35.0 Å². The normalized spacial score (nSPS) is 10.9. The Morgan fingerprint density at radius 1 is 1.25 bits per heavy atom. The summed E-state index contributed by atoms with van der Waals surface area (Å²) in [6.07, 6.45) is 1.30. The van der Waals surface area contributed by atoms with Crippen molar-refractivity contribution in [3.8, 4) is 0 Å². The zero-order valence-corrected chi connectivity index (χ0v) is 17.2. The van der Waals surface area contributed by atoms with Crippen LogP contribution in [-0.2, 0) is 23.2 Å². The number of fused-ring (bicyclic) bond motifs is 1. The fourth-order valence-electron chi connectivity index (χ4n) is 2.66. The average molecular weight is 447 g/mol. The molecule has 0 unspecified atom stereocenters. The van der Waals surface area contributed by atoms with Crippen molar-refractivity contribution in [2.24, 2.45) is 7.05 Å². The summed E-state index contributed by atoms with van der Waals surface area (Å²) in [6, 6.07) is 7.36. The number of rotatable bonds is 5. The molecule has 146 valence electrons. The largest absolute Gasteiger partial charge is 0.335 e. The van der Waals surface area contributed by atoms with Gasteiger partial charge in [0.15, 0.2) is 5.65 Å². The van der Waals surface area contributed by atoms with Gasteiger partial charge < -0.3 is 10.2 Å². The van der Waals surface area contributed by atoms with Gasteiger partial charge in [0.2, 0.25) is 11.8 Å². The standard InChI is InChI=1S/C18H19BrN6O3/c1-11-4-6-12(7-5-11)21-13(26)8-23(2)14(27)9-25-10-20-17-15(18(25)28)16(19)22-24(17)3/h4-7,10H,8-9H2,1-3H3,(H,21,26). The summed E-state index contributed by atoms with van der Waals surface area (Å²) in [4.78, 5) is 42.6. The number of halogens is 1. The highest BCUT2D eigenvalue weighted by molar-refractivity contribution is 9.10. The van der Waals surface area contributed by atoms with Crippen LogP contribution < -0.4 is 10.9 Å². The minimum atomic E-state index is -0.387. The first-order valence-corrected chi connectivity index (χ1v) is 9.23. The fourth-order valence-corrected chi connectivity index (χ4v) is 3.24. The number of hydrogen-bond donors (Lipinski definition) is 1. The van der Waals surface area contributed by atoms with E-state index in [-0.39, 0.29) is 30.5 Å². The van der Waals surface area contributed by atoms with Crippen molar-refractivity contribution in [2.45, 2.75) is 13.5 Å². The van der Waals surface area contributed by atoms with Gasteiger partial charge in [-0.2, -0.15) is 5.10 Å². The molecule has 1 aromatic carbocycles. The van der Waals surface area contributed by atoms with Gasteiger partial charge in [0.1, 0.15) is 22.9 Å². The maximum absolute atomic E-state index is 12.6. The van der Waals surface area contributed by atoms with Crippen molar-refractivity contribution in [3.63, 3.8) is 0 Å². The third kappa shape index (κ3) is 4.11. The van der Waals surface area contributed by atoms with E-state index in [9.17, 15) is 14.4 Å². The lowest BCUT2D eigenvalue weighted by atomic mass is 10.2. The molecule has 0 aliphatic carbocycles. The SMILES string of the molecule is Cc1ccc(NC(=O)CN(C)C(=O)Cn2cnc3c(c(Br)nn3C)c2=O)cc1. The average Bonchev–Trinajstić information content (AvgIpc) is 2.93. The van der Waals surface area contributed by atoms with E-state index >= 15 is 0 Å². The second kappa shape index (κ2) is 7.93. The Kier molecular flexibility index (Phi) is 5.59. The molecule has 0 atom stereocenters. The van der Waals surface area contributed by atoms with Crippen molar-refractivity contribution in [1.82, 2.24) is 24.2 Å². The Morgan fingerprint density at radius 2 is 1.93 bits per heavy atom. The highest BCUT2D eigenvalue weighted by Crippen LogP contribution is 2.16. The topological polar surface area (TPSA) is 102 Å².